The van der Waals surface area contributed by atoms with Crippen molar-refractivity contribution in [2.75, 3.05) is 13.7 Å². The molecule has 1 aromatic carbocycles. The fraction of sp³-hybridized carbons (Fsp3) is 0.600. The third-order valence-corrected chi connectivity index (χ3v) is 6.92. The molecule has 0 radical (unpaired) electrons. The quantitative estimate of drug-likeness (QED) is 0.900. The number of aliphatic hydroxyl groups is 1. The zero-order valence-electron chi connectivity index (χ0n) is 14.7. The lowest BCUT2D eigenvalue weighted by Crippen LogP contribution is -2.61. The second-order valence-electron chi connectivity index (χ2n) is 7.96. The molecule has 1 aliphatic carbocycles. The summed E-state index contributed by atoms with van der Waals surface area (Å²) in [7, 11) is 1.64. The Balaban J connectivity index is 1.64. The SMILES string of the molecule is CC[C@@H]1C[C@H]2C[C@@H]3C4=Nc5ccc(OC)cc5[C@@]4(O)CCN(C2=O)[C@H]13. The molecular formula is C20H24N2O3. The Morgan fingerprint density at radius 3 is 3.00 bits per heavy atom. The van der Waals surface area contributed by atoms with Crippen LogP contribution in [0.4, 0.5) is 5.69 Å². The van der Waals surface area contributed by atoms with Crippen molar-refractivity contribution < 1.29 is 14.6 Å². The van der Waals surface area contributed by atoms with Crippen molar-refractivity contribution in [1.29, 1.82) is 0 Å². The number of piperidine rings is 2. The van der Waals surface area contributed by atoms with E-state index in [1.807, 2.05) is 18.2 Å². The van der Waals surface area contributed by atoms with Gasteiger partial charge in [-0.05, 0) is 37.0 Å². The van der Waals surface area contributed by atoms with E-state index in [4.69, 9.17) is 9.73 Å². The van der Waals surface area contributed by atoms with Crippen LogP contribution in [-0.4, -0.2) is 41.3 Å². The number of nitrogens with zero attached hydrogens (tertiary/aromatic N) is 2. The Morgan fingerprint density at radius 2 is 2.24 bits per heavy atom. The highest BCUT2D eigenvalue weighted by Crippen LogP contribution is 2.54. The van der Waals surface area contributed by atoms with Crippen LogP contribution in [0.1, 0.15) is 38.2 Å². The highest BCUT2D eigenvalue weighted by Gasteiger charge is 2.59. The van der Waals surface area contributed by atoms with Crippen molar-refractivity contribution in [3.05, 3.63) is 23.8 Å². The van der Waals surface area contributed by atoms with Crippen molar-refractivity contribution in [3.8, 4) is 5.75 Å². The van der Waals surface area contributed by atoms with Gasteiger partial charge in [-0.3, -0.25) is 9.79 Å². The smallest absolute Gasteiger partial charge is 0.225 e. The average molecular weight is 340 g/mol. The van der Waals surface area contributed by atoms with Gasteiger partial charge in [-0.1, -0.05) is 13.3 Å². The molecule has 132 valence electrons. The predicted octanol–water partition coefficient (Wildman–Crippen LogP) is 2.64. The van der Waals surface area contributed by atoms with E-state index < -0.39 is 5.60 Å². The van der Waals surface area contributed by atoms with Crippen LogP contribution in [0, 0.1) is 17.8 Å². The van der Waals surface area contributed by atoms with E-state index in [1.54, 1.807) is 7.11 Å². The zero-order chi connectivity index (χ0) is 17.3. The molecule has 5 aliphatic rings. The maximum atomic E-state index is 12.8. The van der Waals surface area contributed by atoms with Gasteiger partial charge in [-0.25, -0.2) is 0 Å². The molecule has 4 bridgehead atoms. The van der Waals surface area contributed by atoms with Crippen LogP contribution in [0.25, 0.3) is 0 Å². The first kappa shape index (κ1) is 15.4. The number of carbonyl (C=O) groups excluding carboxylic acids is 1. The summed E-state index contributed by atoms with van der Waals surface area (Å²) >= 11 is 0. The number of aliphatic imine (C=N–C) groups is 1. The van der Waals surface area contributed by atoms with Gasteiger partial charge in [0.25, 0.3) is 0 Å². The number of hydrogen-bond acceptors (Lipinski definition) is 4. The Hall–Kier alpha value is -1.88. The minimum absolute atomic E-state index is 0.100. The first-order chi connectivity index (χ1) is 12.1. The Bertz CT molecular complexity index is 789. The molecule has 5 heteroatoms. The molecule has 6 rings (SSSR count). The highest BCUT2D eigenvalue weighted by molar-refractivity contribution is 6.04. The number of fused-ring (bicyclic) bond motifs is 4. The Kier molecular flexibility index (Phi) is 3.12. The topological polar surface area (TPSA) is 62.1 Å². The van der Waals surface area contributed by atoms with Gasteiger partial charge in [-0.15, -0.1) is 0 Å². The van der Waals surface area contributed by atoms with Gasteiger partial charge < -0.3 is 14.7 Å². The van der Waals surface area contributed by atoms with Crippen LogP contribution in [0.5, 0.6) is 5.75 Å². The Morgan fingerprint density at radius 1 is 1.40 bits per heavy atom. The van der Waals surface area contributed by atoms with Crippen LogP contribution in [0.2, 0.25) is 0 Å². The summed E-state index contributed by atoms with van der Waals surface area (Å²) in [6, 6.07) is 5.95. The van der Waals surface area contributed by atoms with Crippen LogP contribution >= 0.6 is 0 Å². The van der Waals surface area contributed by atoms with E-state index in [9.17, 15) is 9.90 Å². The number of benzene rings is 1. The lowest BCUT2D eigenvalue weighted by molar-refractivity contribution is -0.153. The molecule has 4 aliphatic heterocycles. The molecule has 25 heavy (non-hydrogen) atoms. The van der Waals surface area contributed by atoms with Crippen molar-refractivity contribution in [3.63, 3.8) is 0 Å². The molecular weight excluding hydrogens is 316 g/mol. The van der Waals surface area contributed by atoms with Gasteiger partial charge in [0.1, 0.15) is 11.4 Å². The molecule has 0 spiro atoms. The van der Waals surface area contributed by atoms with Gasteiger partial charge in [0, 0.05) is 36.4 Å². The predicted molar refractivity (Wildman–Crippen MR) is 94.1 cm³/mol. The van der Waals surface area contributed by atoms with Crippen LogP contribution < -0.4 is 4.74 Å². The molecule has 3 saturated heterocycles. The van der Waals surface area contributed by atoms with Crippen LogP contribution in [0.3, 0.4) is 0 Å². The summed E-state index contributed by atoms with van der Waals surface area (Å²) in [5.74, 6) is 1.82. The van der Waals surface area contributed by atoms with Crippen molar-refractivity contribution in [2.45, 2.75) is 44.2 Å². The van der Waals surface area contributed by atoms with E-state index in [2.05, 4.69) is 11.8 Å². The second kappa shape index (κ2) is 5.07. The molecule has 1 N–H and O–H groups in total. The van der Waals surface area contributed by atoms with E-state index in [0.717, 1.165) is 42.0 Å². The number of methoxy groups -OCH3 is 1. The summed E-state index contributed by atoms with van der Waals surface area (Å²) in [4.78, 5) is 19.7. The number of rotatable bonds is 2. The minimum atomic E-state index is -1.06. The molecule has 5 nitrogen and oxygen atoms in total. The first-order valence-corrected chi connectivity index (χ1v) is 9.37. The summed E-state index contributed by atoms with van der Waals surface area (Å²) < 4.78 is 5.36. The fourth-order valence-electron chi connectivity index (χ4n) is 5.74. The van der Waals surface area contributed by atoms with Crippen LogP contribution in [-0.2, 0) is 10.4 Å². The van der Waals surface area contributed by atoms with Gasteiger partial charge >= 0.3 is 0 Å². The fourth-order valence-corrected chi connectivity index (χ4v) is 5.74. The van der Waals surface area contributed by atoms with Gasteiger partial charge in [0.15, 0.2) is 0 Å². The number of carbonyl (C=O) groups is 1. The summed E-state index contributed by atoms with van der Waals surface area (Å²) in [6.45, 7) is 2.82. The molecule has 1 aromatic rings. The van der Waals surface area contributed by atoms with Gasteiger partial charge in [-0.2, -0.15) is 0 Å². The standard InChI is InChI=1S/C20H24N2O3/c1-3-11-8-12-9-14-17(11)22(19(12)23)7-6-20(24)15-10-13(25-2)4-5-16(15)21-18(14)20/h4-5,10-12,14,17,24H,3,6-9H2,1-2H3/t11-,12+,14+,17-,20+/m1/s1. The number of ether oxygens (including phenoxy) is 1. The molecule has 1 amide bonds. The maximum Gasteiger partial charge on any atom is 0.225 e. The number of hydrogen-bond donors (Lipinski definition) is 1. The lowest BCUT2D eigenvalue weighted by atomic mass is 9.63. The van der Waals surface area contributed by atoms with E-state index in [-0.39, 0.29) is 17.9 Å². The molecule has 1 saturated carbocycles. The molecule has 0 unspecified atom stereocenters. The van der Waals surface area contributed by atoms with Crippen molar-refractivity contribution in [2.24, 2.45) is 22.7 Å². The molecule has 4 heterocycles. The molecule has 4 fully saturated rings. The minimum Gasteiger partial charge on any atom is -0.497 e. The third-order valence-electron chi connectivity index (χ3n) is 6.92. The first-order valence-electron chi connectivity index (χ1n) is 9.37. The Labute approximate surface area is 147 Å². The summed E-state index contributed by atoms with van der Waals surface area (Å²) in [5, 5.41) is 11.7. The van der Waals surface area contributed by atoms with E-state index in [1.165, 1.54) is 0 Å². The lowest BCUT2D eigenvalue weighted by Gasteiger charge is -2.52. The zero-order valence-corrected chi connectivity index (χ0v) is 14.7. The second-order valence-corrected chi connectivity index (χ2v) is 7.96. The molecule has 5 atom stereocenters. The average Bonchev–Trinajstić information content (AvgIpc) is 2.87. The van der Waals surface area contributed by atoms with Crippen molar-refractivity contribution in [1.82, 2.24) is 4.90 Å². The monoisotopic (exact) mass is 340 g/mol. The summed E-state index contributed by atoms with van der Waals surface area (Å²) in [5.41, 5.74) is 1.52. The van der Waals surface area contributed by atoms with Crippen LogP contribution in [0.15, 0.2) is 23.2 Å². The highest BCUT2D eigenvalue weighted by atomic mass is 16.5. The van der Waals surface area contributed by atoms with E-state index in [0.29, 0.717) is 24.8 Å². The van der Waals surface area contributed by atoms with E-state index >= 15 is 0 Å². The molecule has 0 aromatic heterocycles. The normalized spacial score (nSPS) is 38.1. The third kappa shape index (κ3) is 1.87. The maximum absolute atomic E-state index is 12.8. The van der Waals surface area contributed by atoms with Gasteiger partial charge in [0.2, 0.25) is 5.91 Å². The van der Waals surface area contributed by atoms with Crippen molar-refractivity contribution >= 4 is 17.3 Å². The largest absolute Gasteiger partial charge is 0.497 e. The summed E-state index contributed by atoms with van der Waals surface area (Å²) in [6.07, 6.45) is 3.43. The number of amides is 1. The van der Waals surface area contributed by atoms with Gasteiger partial charge in [0.05, 0.1) is 18.5 Å².